The number of hydrogen-bond donors (Lipinski definition) is 0. The van der Waals surface area contributed by atoms with Gasteiger partial charge in [-0.2, -0.15) is 0 Å². The van der Waals surface area contributed by atoms with Crippen molar-refractivity contribution in [3.05, 3.63) is 71.8 Å². The van der Waals surface area contributed by atoms with Crippen LogP contribution in [0, 0.1) is 6.92 Å². The van der Waals surface area contributed by atoms with Crippen LogP contribution in [0.4, 0.5) is 0 Å². The van der Waals surface area contributed by atoms with Gasteiger partial charge in [0.1, 0.15) is 0 Å². The molecular weight excluding hydrogens is 236 g/mol. The Morgan fingerprint density at radius 1 is 0.947 bits per heavy atom. The maximum absolute atomic E-state index is 11.2. The molecule has 0 N–H and O–H groups in total. The molecule has 1 aliphatic heterocycles. The molecule has 0 aliphatic carbocycles. The van der Waals surface area contributed by atoms with E-state index in [1.54, 1.807) is 0 Å². The van der Waals surface area contributed by atoms with E-state index in [-0.39, 0.29) is 11.9 Å². The highest BCUT2D eigenvalue weighted by atomic mass is 16.5. The molecule has 19 heavy (non-hydrogen) atoms. The van der Waals surface area contributed by atoms with Crippen LogP contribution in [0.3, 0.4) is 0 Å². The molecule has 2 heteroatoms. The molecule has 0 aromatic heterocycles. The van der Waals surface area contributed by atoms with Gasteiger partial charge in [-0.25, -0.2) is 0 Å². The van der Waals surface area contributed by atoms with Crippen molar-refractivity contribution < 1.29 is 9.53 Å². The molecule has 0 amide bonds. The van der Waals surface area contributed by atoms with Crippen LogP contribution in [-0.2, 0) is 9.53 Å². The van der Waals surface area contributed by atoms with Crippen molar-refractivity contribution in [1.29, 1.82) is 0 Å². The van der Waals surface area contributed by atoms with Crippen molar-refractivity contribution in [3.8, 4) is 0 Å². The maximum atomic E-state index is 11.2. The lowest BCUT2D eigenvalue weighted by molar-refractivity contribution is -0.139. The highest BCUT2D eigenvalue weighted by molar-refractivity contribution is 5.79. The molecule has 2 nitrogen and oxygen atoms in total. The zero-order valence-corrected chi connectivity index (χ0v) is 11.1. The van der Waals surface area contributed by atoms with E-state index in [9.17, 15) is 4.79 Å². The number of benzene rings is 2. The van der Waals surface area contributed by atoms with Crippen LogP contribution in [0.5, 0.6) is 0 Å². The highest BCUT2D eigenvalue weighted by Crippen LogP contribution is 2.25. The fraction of sp³-hybridized carbons (Fsp3) is 0.235. The minimum atomic E-state index is -0.0822. The Morgan fingerprint density at radius 3 is 1.95 bits per heavy atom. The van der Waals surface area contributed by atoms with Gasteiger partial charge in [0.05, 0.1) is 12.5 Å². The zero-order valence-electron chi connectivity index (χ0n) is 11.1. The van der Waals surface area contributed by atoms with E-state index < -0.39 is 0 Å². The van der Waals surface area contributed by atoms with Gasteiger partial charge >= 0.3 is 5.97 Å². The third kappa shape index (κ3) is 3.95. The molecule has 1 atom stereocenters. The Kier molecular flexibility index (Phi) is 4.73. The van der Waals surface area contributed by atoms with E-state index in [2.05, 4.69) is 19.1 Å². The summed E-state index contributed by atoms with van der Waals surface area (Å²) in [6.07, 6.45) is 0.822. The normalized spacial score (nSPS) is 17.3. The molecular formula is C17H18O2. The maximum Gasteiger partial charge on any atom is 0.313 e. The standard InChI is InChI=1S/C10H10O2.C7H8/c11-10-9(6-7-12-10)8-4-2-1-3-5-8;1-7-5-3-2-4-6-7/h1-5,9H,6-7H2;2-6H,1H3. The molecule has 1 fully saturated rings. The van der Waals surface area contributed by atoms with Crippen molar-refractivity contribution in [2.75, 3.05) is 6.61 Å². The van der Waals surface area contributed by atoms with Crippen LogP contribution in [0.2, 0.25) is 0 Å². The smallest absolute Gasteiger partial charge is 0.313 e. The SMILES string of the molecule is Cc1ccccc1.O=C1OCCC1c1ccccc1. The molecule has 1 heterocycles. The van der Waals surface area contributed by atoms with E-state index >= 15 is 0 Å². The van der Waals surface area contributed by atoms with Crippen molar-refractivity contribution >= 4 is 5.97 Å². The molecule has 0 radical (unpaired) electrons. The predicted octanol–water partition coefficient (Wildman–Crippen LogP) is 3.71. The quantitative estimate of drug-likeness (QED) is 0.725. The average Bonchev–Trinajstić information content (AvgIpc) is 2.88. The summed E-state index contributed by atoms with van der Waals surface area (Å²) in [6, 6.07) is 20.0. The van der Waals surface area contributed by atoms with Crippen LogP contribution in [0.15, 0.2) is 60.7 Å². The Morgan fingerprint density at radius 2 is 1.53 bits per heavy atom. The first-order chi connectivity index (χ1) is 9.27. The summed E-state index contributed by atoms with van der Waals surface area (Å²) in [5.74, 6) is -0.104. The molecule has 1 saturated heterocycles. The van der Waals surface area contributed by atoms with E-state index in [0.29, 0.717) is 6.61 Å². The molecule has 1 unspecified atom stereocenters. The Balaban J connectivity index is 0.000000163. The summed E-state index contributed by atoms with van der Waals surface area (Å²) in [4.78, 5) is 11.2. The van der Waals surface area contributed by atoms with Crippen LogP contribution >= 0.6 is 0 Å². The van der Waals surface area contributed by atoms with Gasteiger partial charge in [0, 0.05) is 0 Å². The third-order valence-corrected chi connectivity index (χ3v) is 3.08. The predicted molar refractivity (Wildman–Crippen MR) is 75.9 cm³/mol. The number of aryl methyl sites for hydroxylation is 1. The van der Waals surface area contributed by atoms with Gasteiger partial charge in [-0.05, 0) is 18.9 Å². The lowest BCUT2D eigenvalue weighted by atomic mass is 9.98. The van der Waals surface area contributed by atoms with E-state index in [0.717, 1.165) is 12.0 Å². The second-order valence-electron chi connectivity index (χ2n) is 4.57. The molecule has 2 aromatic carbocycles. The first-order valence-electron chi connectivity index (χ1n) is 6.50. The zero-order chi connectivity index (χ0) is 13.5. The number of hydrogen-bond acceptors (Lipinski definition) is 2. The van der Waals surface area contributed by atoms with Crippen molar-refractivity contribution in [3.63, 3.8) is 0 Å². The fourth-order valence-electron chi connectivity index (χ4n) is 2.02. The van der Waals surface area contributed by atoms with Crippen LogP contribution < -0.4 is 0 Å². The first-order valence-corrected chi connectivity index (χ1v) is 6.50. The number of esters is 1. The second kappa shape index (κ2) is 6.74. The average molecular weight is 254 g/mol. The summed E-state index contributed by atoms with van der Waals surface area (Å²) in [5.41, 5.74) is 2.39. The lowest BCUT2D eigenvalue weighted by Crippen LogP contribution is -2.04. The lowest BCUT2D eigenvalue weighted by Gasteiger charge is -2.03. The molecule has 0 spiro atoms. The molecule has 3 rings (SSSR count). The summed E-state index contributed by atoms with van der Waals surface area (Å²) in [6.45, 7) is 2.65. The van der Waals surface area contributed by atoms with Gasteiger partial charge in [-0.15, -0.1) is 0 Å². The van der Waals surface area contributed by atoms with E-state index in [4.69, 9.17) is 4.74 Å². The van der Waals surface area contributed by atoms with Gasteiger partial charge in [-0.3, -0.25) is 4.79 Å². The molecule has 0 saturated carbocycles. The summed E-state index contributed by atoms with van der Waals surface area (Å²) < 4.78 is 4.88. The molecule has 98 valence electrons. The van der Waals surface area contributed by atoms with Crippen LogP contribution in [-0.4, -0.2) is 12.6 Å². The molecule has 0 bridgehead atoms. The summed E-state index contributed by atoms with van der Waals surface area (Å²) in [7, 11) is 0. The number of carbonyl (C=O) groups excluding carboxylic acids is 1. The minimum Gasteiger partial charge on any atom is -0.465 e. The van der Waals surface area contributed by atoms with Gasteiger partial charge < -0.3 is 4.74 Å². The van der Waals surface area contributed by atoms with Gasteiger partial charge in [0.2, 0.25) is 0 Å². The number of rotatable bonds is 1. The van der Waals surface area contributed by atoms with Crippen LogP contribution in [0.25, 0.3) is 0 Å². The second-order valence-corrected chi connectivity index (χ2v) is 4.57. The van der Waals surface area contributed by atoms with Gasteiger partial charge in [0.25, 0.3) is 0 Å². The van der Waals surface area contributed by atoms with E-state index in [1.165, 1.54) is 5.56 Å². The fourth-order valence-corrected chi connectivity index (χ4v) is 2.02. The van der Waals surface area contributed by atoms with Crippen molar-refractivity contribution in [2.24, 2.45) is 0 Å². The first kappa shape index (κ1) is 13.3. The topological polar surface area (TPSA) is 26.3 Å². The largest absolute Gasteiger partial charge is 0.465 e. The highest BCUT2D eigenvalue weighted by Gasteiger charge is 2.27. The van der Waals surface area contributed by atoms with Gasteiger partial charge in [0.15, 0.2) is 0 Å². The Hall–Kier alpha value is -2.09. The minimum absolute atomic E-state index is 0.0220. The number of carbonyl (C=O) groups is 1. The summed E-state index contributed by atoms with van der Waals surface area (Å²) in [5, 5.41) is 0. The summed E-state index contributed by atoms with van der Waals surface area (Å²) >= 11 is 0. The number of cyclic esters (lactones) is 1. The van der Waals surface area contributed by atoms with Crippen molar-refractivity contribution in [2.45, 2.75) is 19.3 Å². The van der Waals surface area contributed by atoms with Crippen molar-refractivity contribution in [1.82, 2.24) is 0 Å². The van der Waals surface area contributed by atoms with Gasteiger partial charge in [-0.1, -0.05) is 66.2 Å². The molecule has 2 aromatic rings. The van der Waals surface area contributed by atoms with Crippen LogP contribution in [0.1, 0.15) is 23.5 Å². The Labute approximate surface area is 114 Å². The van der Waals surface area contributed by atoms with E-state index in [1.807, 2.05) is 48.5 Å². The molecule has 1 aliphatic rings. The third-order valence-electron chi connectivity index (χ3n) is 3.08. The monoisotopic (exact) mass is 254 g/mol. The number of ether oxygens (including phenoxy) is 1. The Bertz CT molecular complexity index is 505.